The predicted molar refractivity (Wildman–Crippen MR) is 77.6 cm³/mol. The van der Waals surface area contributed by atoms with Crippen LogP contribution in [-0.4, -0.2) is 42.1 Å². The molecule has 0 N–H and O–H groups in total. The van der Waals surface area contributed by atoms with Crippen molar-refractivity contribution in [3.63, 3.8) is 0 Å². The summed E-state index contributed by atoms with van der Waals surface area (Å²) in [5, 5.41) is 0. The summed E-state index contributed by atoms with van der Waals surface area (Å²) in [6.45, 7) is 0.893. The lowest BCUT2D eigenvalue weighted by molar-refractivity contribution is 0.0520. The topological polar surface area (TPSA) is 51.7 Å². The maximum Gasteiger partial charge on any atom is 0.255 e. The van der Waals surface area contributed by atoms with Crippen molar-refractivity contribution in [1.82, 2.24) is 9.88 Å². The molecule has 1 atom stereocenters. The van der Waals surface area contributed by atoms with Gasteiger partial charge in [-0.3, -0.25) is 9.78 Å². The zero-order valence-corrected chi connectivity index (χ0v) is 11.7. The van der Waals surface area contributed by atoms with Gasteiger partial charge in [-0.2, -0.15) is 0 Å². The highest BCUT2D eigenvalue weighted by atomic mass is 16.6. The number of carbonyl (C=O) groups excluding carboxylic acids is 1. The molecule has 1 aromatic carbocycles. The van der Waals surface area contributed by atoms with Crippen LogP contribution in [0.2, 0.25) is 0 Å². The number of ether oxygens (including phenoxy) is 2. The number of para-hydroxylation sites is 2. The molecular formula is C16H16N2O3. The van der Waals surface area contributed by atoms with Gasteiger partial charge >= 0.3 is 0 Å². The Morgan fingerprint density at radius 2 is 2.10 bits per heavy atom. The van der Waals surface area contributed by atoms with E-state index in [0.29, 0.717) is 18.7 Å². The van der Waals surface area contributed by atoms with E-state index >= 15 is 0 Å². The second-order valence-electron chi connectivity index (χ2n) is 4.92. The van der Waals surface area contributed by atoms with Gasteiger partial charge in [0.1, 0.15) is 6.61 Å². The van der Waals surface area contributed by atoms with Crippen LogP contribution in [-0.2, 0) is 0 Å². The summed E-state index contributed by atoms with van der Waals surface area (Å²) in [6, 6.07) is 11.0. The fourth-order valence-electron chi connectivity index (χ4n) is 2.25. The standard InChI is InChI=1S/C16H16N2O3/c1-18(16(19)12-5-4-8-17-9-12)10-13-11-20-14-6-2-3-7-15(14)21-13/h2-9,13H,10-11H2,1H3. The summed E-state index contributed by atoms with van der Waals surface area (Å²) >= 11 is 0. The van der Waals surface area contributed by atoms with Gasteiger partial charge in [0, 0.05) is 19.4 Å². The fourth-order valence-corrected chi connectivity index (χ4v) is 2.25. The van der Waals surface area contributed by atoms with E-state index in [2.05, 4.69) is 4.98 Å². The average molecular weight is 284 g/mol. The molecule has 5 heteroatoms. The van der Waals surface area contributed by atoms with Gasteiger partial charge in [-0.25, -0.2) is 0 Å². The summed E-state index contributed by atoms with van der Waals surface area (Å²) in [5.41, 5.74) is 0.567. The number of aromatic nitrogens is 1. The molecule has 2 aromatic rings. The van der Waals surface area contributed by atoms with Gasteiger partial charge in [-0.05, 0) is 24.3 Å². The van der Waals surface area contributed by atoms with Crippen molar-refractivity contribution < 1.29 is 14.3 Å². The third kappa shape index (κ3) is 2.97. The lowest BCUT2D eigenvalue weighted by Crippen LogP contribution is -2.41. The highest BCUT2D eigenvalue weighted by molar-refractivity contribution is 5.93. The number of rotatable bonds is 3. The quantitative estimate of drug-likeness (QED) is 0.865. The van der Waals surface area contributed by atoms with Crippen LogP contribution in [0, 0.1) is 0 Å². The normalized spacial score (nSPS) is 16.3. The van der Waals surface area contributed by atoms with E-state index in [9.17, 15) is 4.79 Å². The van der Waals surface area contributed by atoms with Gasteiger partial charge in [0.25, 0.3) is 5.91 Å². The van der Waals surface area contributed by atoms with Gasteiger partial charge in [0.05, 0.1) is 12.1 Å². The predicted octanol–water partition coefficient (Wildman–Crippen LogP) is 1.99. The molecule has 1 aliphatic heterocycles. The van der Waals surface area contributed by atoms with E-state index in [4.69, 9.17) is 9.47 Å². The first-order valence-corrected chi connectivity index (χ1v) is 6.78. The van der Waals surface area contributed by atoms with Crippen LogP contribution in [0.25, 0.3) is 0 Å². The fraction of sp³-hybridized carbons (Fsp3) is 0.250. The van der Waals surface area contributed by atoms with E-state index in [-0.39, 0.29) is 12.0 Å². The van der Waals surface area contributed by atoms with Crippen LogP contribution >= 0.6 is 0 Å². The smallest absolute Gasteiger partial charge is 0.255 e. The van der Waals surface area contributed by atoms with Gasteiger partial charge in [0.2, 0.25) is 0 Å². The van der Waals surface area contributed by atoms with Crippen molar-refractivity contribution in [1.29, 1.82) is 0 Å². The molecule has 0 radical (unpaired) electrons. The van der Waals surface area contributed by atoms with E-state index in [1.54, 1.807) is 36.5 Å². The van der Waals surface area contributed by atoms with Gasteiger partial charge in [0.15, 0.2) is 17.6 Å². The monoisotopic (exact) mass is 284 g/mol. The number of pyridine rings is 1. The minimum atomic E-state index is -0.175. The molecule has 1 unspecified atom stereocenters. The largest absolute Gasteiger partial charge is 0.486 e. The van der Waals surface area contributed by atoms with Crippen molar-refractivity contribution in [2.24, 2.45) is 0 Å². The van der Waals surface area contributed by atoms with Crippen molar-refractivity contribution in [2.75, 3.05) is 20.2 Å². The summed E-state index contributed by atoms with van der Waals surface area (Å²) < 4.78 is 11.5. The Labute approximate surface area is 123 Å². The number of hydrogen-bond donors (Lipinski definition) is 0. The molecule has 0 saturated carbocycles. The van der Waals surface area contributed by atoms with Crippen molar-refractivity contribution in [3.8, 4) is 11.5 Å². The Morgan fingerprint density at radius 3 is 2.86 bits per heavy atom. The molecule has 21 heavy (non-hydrogen) atoms. The third-order valence-electron chi connectivity index (χ3n) is 3.30. The van der Waals surface area contributed by atoms with E-state index in [1.165, 1.54) is 0 Å². The van der Waals surface area contributed by atoms with E-state index in [0.717, 1.165) is 11.5 Å². The Morgan fingerprint density at radius 1 is 1.29 bits per heavy atom. The first-order valence-electron chi connectivity index (χ1n) is 6.78. The second kappa shape index (κ2) is 5.83. The summed E-state index contributed by atoms with van der Waals surface area (Å²) in [4.78, 5) is 17.8. The molecule has 5 nitrogen and oxygen atoms in total. The molecule has 0 bridgehead atoms. The highest BCUT2D eigenvalue weighted by Gasteiger charge is 2.24. The number of hydrogen-bond acceptors (Lipinski definition) is 4. The van der Waals surface area contributed by atoms with Crippen LogP contribution in [0.15, 0.2) is 48.8 Å². The van der Waals surface area contributed by atoms with E-state index in [1.807, 2.05) is 24.3 Å². The number of fused-ring (bicyclic) bond motifs is 1. The Bertz CT molecular complexity index is 630. The average Bonchev–Trinajstić information content (AvgIpc) is 2.55. The molecule has 0 spiro atoms. The van der Waals surface area contributed by atoms with Gasteiger partial charge < -0.3 is 14.4 Å². The Hall–Kier alpha value is -2.56. The van der Waals surface area contributed by atoms with Crippen LogP contribution < -0.4 is 9.47 Å². The first kappa shape index (κ1) is 13.4. The maximum atomic E-state index is 12.3. The van der Waals surface area contributed by atoms with Crippen LogP contribution in [0.4, 0.5) is 0 Å². The number of nitrogens with zero attached hydrogens (tertiary/aromatic N) is 2. The van der Waals surface area contributed by atoms with Crippen LogP contribution in [0.1, 0.15) is 10.4 Å². The summed E-state index contributed by atoms with van der Waals surface area (Å²) in [5.74, 6) is 1.39. The zero-order chi connectivity index (χ0) is 14.7. The van der Waals surface area contributed by atoms with Gasteiger partial charge in [-0.15, -0.1) is 0 Å². The van der Waals surface area contributed by atoms with Crippen LogP contribution in [0.3, 0.4) is 0 Å². The molecule has 2 heterocycles. The summed E-state index contributed by atoms with van der Waals surface area (Å²) in [7, 11) is 1.75. The molecule has 1 aliphatic rings. The number of amides is 1. The number of carbonyl (C=O) groups is 1. The Kier molecular flexibility index (Phi) is 3.73. The molecule has 1 aromatic heterocycles. The molecule has 108 valence electrons. The SMILES string of the molecule is CN(CC1COc2ccccc2O1)C(=O)c1cccnc1. The minimum Gasteiger partial charge on any atom is -0.486 e. The third-order valence-corrected chi connectivity index (χ3v) is 3.30. The minimum absolute atomic E-state index is 0.0782. The Balaban J connectivity index is 1.64. The number of benzene rings is 1. The molecule has 0 saturated heterocycles. The second-order valence-corrected chi connectivity index (χ2v) is 4.92. The molecule has 0 fully saturated rings. The molecule has 0 aliphatic carbocycles. The maximum absolute atomic E-state index is 12.3. The van der Waals surface area contributed by atoms with Crippen molar-refractivity contribution in [2.45, 2.75) is 6.10 Å². The van der Waals surface area contributed by atoms with Gasteiger partial charge in [-0.1, -0.05) is 12.1 Å². The lowest BCUT2D eigenvalue weighted by atomic mass is 10.2. The van der Waals surface area contributed by atoms with Crippen molar-refractivity contribution >= 4 is 5.91 Å². The summed E-state index contributed by atoms with van der Waals surface area (Å²) in [6.07, 6.45) is 3.03. The van der Waals surface area contributed by atoms with Crippen LogP contribution in [0.5, 0.6) is 11.5 Å². The molecular weight excluding hydrogens is 268 g/mol. The van der Waals surface area contributed by atoms with Crippen molar-refractivity contribution in [3.05, 3.63) is 54.4 Å². The lowest BCUT2D eigenvalue weighted by Gasteiger charge is -2.29. The molecule has 3 rings (SSSR count). The highest BCUT2D eigenvalue weighted by Crippen LogP contribution is 2.30. The zero-order valence-electron chi connectivity index (χ0n) is 11.7. The number of likely N-dealkylation sites (N-methyl/N-ethyl adjacent to an activating group) is 1. The molecule has 1 amide bonds. The first-order chi connectivity index (χ1) is 10.2. The van der Waals surface area contributed by atoms with E-state index < -0.39 is 0 Å².